The molecule has 0 fully saturated rings. The van der Waals surface area contributed by atoms with Crippen molar-refractivity contribution in [3.8, 4) is 11.1 Å². The van der Waals surface area contributed by atoms with Crippen LogP contribution in [0.3, 0.4) is 0 Å². The summed E-state index contributed by atoms with van der Waals surface area (Å²) < 4.78 is 7.15. The third kappa shape index (κ3) is 4.09. The lowest BCUT2D eigenvalue weighted by Gasteiger charge is -2.10. The number of thiophene rings is 1. The van der Waals surface area contributed by atoms with Crippen LogP contribution in [0, 0.1) is 20.8 Å². The molecule has 3 aromatic heterocycles. The predicted molar refractivity (Wildman–Crippen MR) is 123 cm³/mol. The summed E-state index contributed by atoms with van der Waals surface area (Å²) in [5.74, 6) is -0.756. The standard InChI is InChI=1S/C24H23N3O3S/c1-5-30-24(29)21-19(17-7-6-14(2)15(3)10-17)13-31-23(21)26-22(28)18-8-9-27-12-16(4)25-20(27)11-18/h6-13H,5H2,1-4H3,(H,26,28). The van der Waals surface area contributed by atoms with Gasteiger partial charge in [-0.15, -0.1) is 11.3 Å². The molecule has 31 heavy (non-hydrogen) atoms. The molecule has 0 saturated heterocycles. The average Bonchev–Trinajstić information content (AvgIpc) is 3.32. The Morgan fingerprint density at radius 3 is 2.68 bits per heavy atom. The molecule has 1 amide bonds. The summed E-state index contributed by atoms with van der Waals surface area (Å²) >= 11 is 1.31. The number of nitrogens with one attached hydrogen (secondary N) is 1. The van der Waals surface area contributed by atoms with Crippen LogP contribution in [-0.2, 0) is 4.74 Å². The Morgan fingerprint density at radius 1 is 1.13 bits per heavy atom. The van der Waals surface area contributed by atoms with E-state index in [9.17, 15) is 9.59 Å². The fourth-order valence-corrected chi connectivity index (χ4v) is 4.35. The number of carbonyl (C=O) groups is 2. The predicted octanol–water partition coefficient (Wildman–Crippen LogP) is 5.42. The van der Waals surface area contributed by atoms with Crippen molar-refractivity contribution in [3.63, 3.8) is 0 Å². The molecule has 4 aromatic rings. The Labute approximate surface area is 184 Å². The van der Waals surface area contributed by atoms with E-state index in [0.717, 1.165) is 22.4 Å². The van der Waals surface area contributed by atoms with Gasteiger partial charge in [0.05, 0.1) is 12.3 Å². The third-order valence-corrected chi connectivity index (χ3v) is 6.05. The van der Waals surface area contributed by atoms with E-state index in [1.807, 2.05) is 54.9 Å². The fourth-order valence-electron chi connectivity index (χ4n) is 3.40. The Morgan fingerprint density at radius 2 is 1.94 bits per heavy atom. The minimum Gasteiger partial charge on any atom is -0.462 e. The monoisotopic (exact) mass is 433 g/mol. The molecule has 1 N–H and O–H groups in total. The van der Waals surface area contributed by atoms with E-state index in [-0.39, 0.29) is 12.5 Å². The number of carbonyl (C=O) groups excluding carboxylic acids is 2. The Bertz CT molecular complexity index is 1300. The topological polar surface area (TPSA) is 72.7 Å². The molecule has 0 bridgehead atoms. The van der Waals surface area contributed by atoms with Crippen molar-refractivity contribution in [2.75, 3.05) is 11.9 Å². The zero-order chi connectivity index (χ0) is 22.1. The first-order valence-corrected chi connectivity index (χ1v) is 10.9. The number of nitrogens with zero attached hydrogens (tertiary/aromatic N) is 2. The van der Waals surface area contributed by atoms with Crippen molar-refractivity contribution < 1.29 is 14.3 Å². The van der Waals surface area contributed by atoms with Gasteiger partial charge >= 0.3 is 5.97 Å². The molecule has 1 aromatic carbocycles. The Balaban J connectivity index is 1.71. The van der Waals surface area contributed by atoms with Crippen LogP contribution in [0.5, 0.6) is 0 Å². The Kier molecular flexibility index (Phi) is 5.61. The number of imidazole rings is 1. The smallest absolute Gasteiger partial charge is 0.341 e. The molecule has 0 radical (unpaired) electrons. The molecule has 0 aliphatic carbocycles. The van der Waals surface area contributed by atoms with Gasteiger partial charge in [-0.05, 0) is 56.5 Å². The van der Waals surface area contributed by atoms with Gasteiger partial charge in [-0.1, -0.05) is 18.2 Å². The highest BCUT2D eigenvalue weighted by atomic mass is 32.1. The molecular weight excluding hydrogens is 410 g/mol. The first kappa shape index (κ1) is 20.8. The van der Waals surface area contributed by atoms with Gasteiger partial charge in [-0.25, -0.2) is 9.78 Å². The van der Waals surface area contributed by atoms with Crippen molar-refractivity contribution >= 4 is 33.9 Å². The first-order chi connectivity index (χ1) is 14.9. The summed E-state index contributed by atoms with van der Waals surface area (Å²) in [6, 6.07) is 9.50. The number of hydrogen-bond donors (Lipinski definition) is 1. The van der Waals surface area contributed by atoms with Crippen molar-refractivity contribution in [2.45, 2.75) is 27.7 Å². The van der Waals surface area contributed by atoms with Crippen molar-refractivity contribution in [1.82, 2.24) is 9.38 Å². The van der Waals surface area contributed by atoms with Gasteiger partial charge in [0.25, 0.3) is 5.91 Å². The maximum absolute atomic E-state index is 12.9. The van der Waals surface area contributed by atoms with E-state index in [1.54, 1.807) is 25.3 Å². The first-order valence-electron chi connectivity index (χ1n) is 10.00. The second-order valence-corrected chi connectivity index (χ2v) is 8.27. The van der Waals surface area contributed by atoms with Gasteiger partial charge < -0.3 is 14.5 Å². The van der Waals surface area contributed by atoms with E-state index in [0.29, 0.717) is 21.8 Å². The molecule has 158 valence electrons. The number of esters is 1. The summed E-state index contributed by atoms with van der Waals surface area (Å²) in [5.41, 5.74) is 6.38. The minimum atomic E-state index is -0.452. The maximum Gasteiger partial charge on any atom is 0.341 e. The number of pyridine rings is 1. The van der Waals surface area contributed by atoms with Crippen LogP contribution in [0.1, 0.15) is 44.5 Å². The lowest BCUT2D eigenvalue weighted by Crippen LogP contribution is -2.15. The molecule has 0 saturated carbocycles. The lowest BCUT2D eigenvalue weighted by molar-refractivity contribution is 0.0529. The van der Waals surface area contributed by atoms with E-state index >= 15 is 0 Å². The fraction of sp³-hybridized carbons (Fsp3) is 0.208. The summed E-state index contributed by atoms with van der Waals surface area (Å²) in [4.78, 5) is 30.1. The number of fused-ring (bicyclic) bond motifs is 1. The summed E-state index contributed by atoms with van der Waals surface area (Å²) in [5, 5.41) is 5.25. The zero-order valence-electron chi connectivity index (χ0n) is 17.9. The number of benzene rings is 1. The number of ether oxygens (including phenoxy) is 1. The number of aryl methyl sites for hydroxylation is 3. The molecule has 6 nitrogen and oxygen atoms in total. The van der Waals surface area contributed by atoms with Gasteiger partial charge in [0.2, 0.25) is 0 Å². The van der Waals surface area contributed by atoms with Crippen molar-refractivity contribution in [2.24, 2.45) is 0 Å². The summed E-state index contributed by atoms with van der Waals surface area (Å²) in [6.07, 6.45) is 3.69. The molecule has 0 aliphatic heterocycles. The quantitative estimate of drug-likeness (QED) is 0.427. The van der Waals surface area contributed by atoms with Gasteiger partial charge in [0.15, 0.2) is 0 Å². The highest BCUT2D eigenvalue weighted by molar-refractivity contribution is 7.15. The SMILES string of the molecule is CCOC(=O)c1c(-c2ccc(C)c(C)c2)csc1NC(=O)c1ccn2cc(C)nc2c1. The maximum atomic E-state index is 12.9. The van der Waals surface area contributed by atoms with E-state index < -0.39 is 5.97 Å². The number of anilines is 1. The molecule has 7 heteroatoms. The summed E-state index contributed by atoms with van der Waals surface area (Å²) in [7, 11) is 0. The number of aromatic nitrogens is 2. The molecule has 0 spiro atoms. The van der Waals surface area contributed by atoms with Crippen LogP contribution in [0.25, 0.3) is 16.8 Å². The van der Waals surface area contributed by atoms with Gasteiger partial charge in [0, 0.05) is 28.9 Å². The molecule has 0 atom stereocenters. The van der Waals surface area contributed by atoms with Gasteiger partial charge in [-0.3, -0.25) is 4.79 Å². The lowest BCUT2D eigenvalue weighted by atomic mass is 9.99. The van der Waals surface area contributed by atoms with Crippen LogP contribution in [-0.4, -0.2) is 27.9 Å². The average molecular weight is 434 g/mol. The van der Waals surface area contributed by atoms with Crippen molar-refractivity contribution in [1.29, 1.82) is 0 Å². The van der Waals surface area contributed by atoms with Crippen LogP contribution < -0.4 is 5.32 Å². The second-order valence-electron chi connectivity index (χ2n) is 7.39. The van der Waals surface area contributed by atoms with E-state index in [1.165, 1.54) is 16.9 Å². The number of amides is 1. The van der Waals surface area contributed by atoms with Crippen LogP contribution >= 0.6 is 11.3 Å². The number of rotatable bonds is 5. The second kappa shape index (κ2) is 8.35. The van der Waals surface area contributed by atoms with Crippen molar-refractivity contribution in [3.05, 3.63) is 76.1 Å². The van der Waals surface area contributed by atoms with Crippen LogP contribution in [0.15, 0.2) is 48.1 Å². The van der Waals surface area contributed by atoms with E-state index in [2.05, 4.69) is 10.3 Å². The highest BCUT2D eigenvalue weighted by Crippen LogP contribution is 2.37. The molecule has 4 rings (SSSR count). The zero-order valence-corrected chi connectivity index (χ0v) is 18.7. The largest absolute Gasteiger partial charge is 0.462 e. The molecule has 0 unspecified atom stereocenters. The minimum absolute atomic E-state index is 0.254. The summed E-state index contributed by atoms with van der Waals surface area (Å²) in [6.45, 7) is 8.00. The third-order valence-electron chi connectivity index (χ3n) is 5.16. The highest BCUT2D eigenvalue weighted by Gasteiger charge is 2.23. The number of hydrogen-bond acceptors (Lipinski definition) is 5. The molecule has 3 heterocycles. The van der Waals surface area contributed by atoms with Gasteiger partial charge in [0.1, 0.15) is 16.2 Å². The normalized spacial score (nSPS) is 11.0. The Hall–Kier alpha value is -3.45. The van der Waals surface area contributed by atoms with E-state index in [4.69, 9.17) is 4.74 Å². The molecule has 0 aliphatic rings. The van der Waals surface area contributed by atoms with Crippen LogP contribution in [0.4, 0.5) is 5.00 Å². The van der Waals surface area contributed by atoms with Crippen LogP contribution in [0.2, 0.25) is 0 Å². The van der Waals surface area contributed by atoms with Gasteiger partial charge in [-0.2, -0.15) is 0 Å². The molecular formula is C24H23N3O3S.